The van der Waals surface area contributed by atoms with E-state index in [9.17, 15) is 15.2 Å². The Labute approximate surface area is 97.0 Å². The zero-order valence-electron chi connectivity index (χ0n) is 9.01. The first-order chi connectivity index (χ1) is 8.10. The first-order valence-corrected chi connectivity index (χ1v) is 5.11. The molecular formula is C9H13N5O3. The standard InChI is InChI=1S/C9H13N5O3/c10-13-7-2-1-6(14(16)17)8(11-7)12-9(5-15)3-4-9/h1-2,15H,3-5,10H2,(H2,11,12,13). The second-order valence-electron chi connectivity index (χ2n) is 4.03. The highest BCUT2D eigenvalue weighted by Crippen LogP contribution is 2.40. The monoisotopic (exact) mass is 239 g/mol. The highest BCUT2D eigenvalue weighted by molar-refractivity contribution is 5.61. The van der Waals surface area contributed by atoms with Gasteiger partial charge in [-0.1, -0.05) is 0 Å². The molecule has 0 aromatic carbocycles. The highest BCUT2D eigenvalue weighted by Gasteiger charge is 2.43. The fourth-order valence-electron chi connectivity index (χ4n) is 1.50. The minimum Gasteiger partial charge on any atom is -0.394 e. The molecule has 8 nitrogen and oxygen atoms in total. The van der Waals surface area contributed by atoms with Crippen LogP contribution >= 0.6 is 0 Å². The van der Waals surface area contributed by atoms with Gasteiger partial charge in [0, 0.05) is 6.07 Å². The molecule has 0 saturated heterocycles. The van der Waals surface area contributed by atoms with Crippen LogP contribution in [0.4, 0.5) is 17.3 Å². The van der Waals surface area contributed by atoms with Crippen molar-refractivity contribution in [1.29, 1.82) is 0 Å². The molecule has 1 fully saturated rings. The molecule has 1 aliphatic carbocycles. The predicted octanol–water partition coefficient (Wildman–Crippen LogP) is 0.212. The average molecular weight is 239 g/mol. The topological polar surface area (TPSA) is 126 Å². The van der Waals surface area contributed by atoms with Crippen LogP contribution in [0.2, 0.25) is 0 Å². The largest absolute Gasteiger partial charge is 0.394 e. The summed E-state index contributed by atoms with van der Waals surface area (Å²) in [5, 5.41) is 22.9. The Bertz CT molecular complexity index is 446. The van der Waals surface area contributed by atoms with E-state index in [-0.39, 0.29) is 18.1 Å². The van der Waals surface area contributed by atoms with Gasteiger partial charge in [0.2, 0.25) is 5.82 Å². The fourth-order valence-corrected chi connectivity index (χ4v) is 1.50. The average Bonchev–Trinajstić information content (AvgIpc) is 3.09. The maximum Gasteiger partial charge on any atom is 0.311 e. The van der Waals surface area contributed by atoms with Gasteiger partial charge in [0.1, 0.15) is 5.82 Å². The summed E-state index contributed by atoms with van der Waals surface area (Å²) < 4.78 is 0. The lowest BCUT2D eigenvalue weighted by Gasteiger charge is -2.15. The maximum atomic E-state index is 10.8. The van der Waals surface area contributed by atoms with E-state index < -0.39 is 10.5 Å². The number of nitrogens with zero attached hydrogens (tertiary/aromatic N) is 2. The van der Waals surface area contributed by atoms with Gasteiger partial charge in [-0.05, 0) is 18.9 Å². The number of nitrogen functional groups attached to an aromatic ring is 1. The third-order valence-corrected chi connectivity index (χ3v) is 2.76. The van der Waals surface area contributed by atoms with Crippen LogP contribution in [-0.4, -0.2) is 27.2 Å². The Hall–Kier alpha value is -1.93. The normalized spacial score (nSPS) is 16.4. The zero-order valence-corrected chi connectivity index (χ0v) is 9.01. The van der Waals surface area contributed by atoms with E-state index in [1.165, 1.54) is 12.1 Å². The van der Waals surface area contributed by atoms with Crippen molar-refractivity contribution in [2.24, 2.45) is 5.84 Å². The van der Waals surface area contributed by atoms with E-state index in [1.807, 2.05) is 0 Å². The number of hydrogen-bond acceptors (Lipinski definition) is 7. The van der Waals surface area contributed by atoms with Gasteiger partial charge < -0.3 is 15.8 Å². The van der Waals surface area contributed by atoms with Gasteiger partial charge in [-0.2, -0.15) is 0 Å². The Morgan fingerprint density at radius 2 is 2.29 bits per heavy atom. The molecule has 0 bridgehead atoms. The summed E-state index contributed by atoms with van der Waals surface area (Å²) in [5.41, 5.74) is 1.72. The van der Waals surface area contributed by atoms with Crippen molar-refractivity contribution in [3.8, 4) is 0 Å². The lowest BCUT2D eigenvalue weighted by atomic mass is 10.2. The van der Waals surface area contributed by atoms with Crippen molar-refractivity contribution < 1.29 is 10.0 Å². The first kappa shape index (κ1) is 11.6. The Morgan fingerprint density at radius 1 is 1.59 bits per heavy atom. The van der Waals surface area contributed by atoms with Gasteiger partial charge in [-0.15, -0.1) is 0 Å². The summed E-state index contributed by atoms with van der Waals surface area (Å²) in [6, 6.07) is 2.74. The van der Waals surface area contributed by atoms with Gasteiger partial charge in [0.25, 0.3) is 0 Å². The van der Waals surface area contributed by atoms with Crippen LogP contribution in [0.3, 0.4) is 0 Å². The molecule has 8 heteroatoms. The molecule has 17 heavy (non-hydrogen) atoms. The van der Waals surface area contributed by atoms with E-state index in [4.69, 9.17) is 5.84 Å². The van der Waals surface area contributed by atoms with Crippen molar-refractivity contribution >= 4 is 17.3 Å². The van der Waals surface area contributed by atoms with Gasteiger partial charge in [-0.25, -0.2) is 10.8 Å². The van der Waals surface area contributed by atoms with Crippen molar-refractivity contribution in [2.45, 2.75) is 18.4 Å². The van der Waals surface area contributed by atoms with Crippen molar-refractivity contribution in [3.63, 3.8) is 0 Å². The number of aliphatic hydroxyl groups is 1. The van der Waals surface area contributed by atoms with E-state index in [0.717, 1.165) is 12.8 Å². The predicted molar refractivity (Wildman–Crippen MR) is 61.4 cm³/mol. The van der Waals surface area contributed by atoms with Crippen LogP contribution < -0.4 is 16.6 Å². The van der Waals surface area contributed by atoms with Crippen LogP contribution in [0.5, 0.6) is 0 Å². The number of aliphatic hydroxyl groups excluding tert-OH is 1. The quantitative estimate of drug-likeness (QED) is 0.328. The lowest BCUT2D eigenvalue weighted by Crippen LogP contribution is -2.27. The summed E-state index contributed by atoms with van der Waals surface area (Å²) in [7, 11) is 0. The molecule has 0 amide bonds. The van der Waals surface area contributed by atoms with Crippen LogP contribution in [0, 0.1) is 10.1 Å². The van der Waals surface area contributed by atoms with Gasteiger partial charge in [0.05, 0.1) is 17.1 Å². The van der Waals surface area contributed by atoms with Gasteiger partial charge in [-0.3, -0.25) is 10.1 Å². The number of rotatable bonds is 5. The van der Waals surface area contributed by atoms with Crippen LogP contribution in [0.15, 0.2) is 12.1 Å². The number of anilines is 2. The number of pyridine rings is 1. The molecule has 0 aliphatic heterocycles. The first-order valence-electron chi connectivity index (χ1n) is 5.11. The van der Waals surface area contributed by atoms with Gasteiger partial charge in [0.15, 0.2) is 0 Å². The number of hydrogen-bond donors (Lipinski definition) is 4. The Balaban J connectivity index is 2.31. The molecule has 0 atom stereocenters. The molecule has 1 heterocycles. The second kappa shape index (κ2) is 4.15. The van der Waals surface area contributed by atoms with E-state index >= 15 is 0 Å². The Kier molecular flexibility index (Phi) is 2.82. The molecule has 1 aromatic rings. The third-order valence-electron chi connectivity index (χ3n) is 2.76. The van der Waals surface area contributed by atoms with E-state index in [0.29, 0.717) is 5.82 Å². The van der Waals surface area contributed by atoms with E-state index in [1.54, 1.807) is 0 Å². The summed E-state index contributed by atoms with van der Waals surface area (Å²) in [6.45, 7) is -0.0773. The molecular weight excluding hydrogens is 226 g/mol. The molecule has 0 unspecified atom stereocenters. The smallest absolute Gasteiger partial charge is 0.311 e. The maximum absolute atomic E-state index is 10.8. The molecule has 0 spiro atoms. The zero-order chi connectivity index (χ0) is 12.5. The highest BCUT2D eigenvalue weighted by atomic mass is 16.6. The number of hydrazine groups is 1. The van der Waals surface area contributed by atoms with Crippen molar-refractivity contribution in [2.75, 3.05) is 17.3 Å². The van der Waals surface area contributed by atoms with Gasteiger partial charge >= 0.3 is 5.69 Å². The molecule has 1 aliphatic rings. The molecule has 0 radical (unpaired) electrons. The van der Waals surface area contributed by atoms with Crippen molar-refractivity contribution in [3.05, 3.63) is 22.2 Å². The van der Waals surface area contributed by atoms with E-state index in [2.05, 4.69) is 15.7 Å². The van der Waals surface area contributed by atoms with Crippen LogP contribution in [-0.2, 0) is 0 Å². The number of nitrogens with two attached hydrogens (primary N) is 1. The summed E-state index contributed by atoms with van der Waals surface area (Å²) in [4.78, 5) is 14.3. The van der Waals surface area contributed by atoms with Crippen molar-refractivity contribution in [1.82, 2.24) is 4.98 Å². The minimum absolute atomic E-state index is 0.0773. The number of nitrogens with one attached hydrogen (secondary N) is 2. The fraction of sp³-hybridized carbons (Fsp3) is 0.444. The molecule has 5 N–H and O–H groups in total. The van der Waals surface area contributed by atoms with Crippen LogP contribution in [0.25, 0.3) is 0 Å². The molecule has 92 valence electrons. The number of nitro groups is 1. The molecule has 1 aromatic heterocycles. The SMILES string of the molecule is NNc1ccc([N+](=O)[O-])c(NC2(CO)CC2)n1. The molecule has 2 rings (SSSR count). The van der Waals surface area contributed by atoms with Crippen LogP contribution in [0.1, 0.15) is 12.8 Å². The second-order valence-corrected chi connectivity index (χ2v) is 4.03. The minimum atomic E-state index is -0.525. The summed E-state index contributed by atoms with van der Waals surface area (Å²) in [5.74, 6) is 5.65. The number of aromatic nitrogens is 1. The Morgan fingerprint density at radius 3 is 2.76 bits per heavy atom. The molecule has 1 saturated carbocycles. The third kappa shape index (κ3) is 2.27. The summed E-state index contributed by atoms with van der Waals surface area (Å²) in [6.07, 6.45) is 1.53. The summed E-state index contributed by atoms with van der Waals surface area (Å²) >= 11 is 0. The lowest BCUT2D eigenvalue weighted by molar-refractivity contribution is -0.384.